The zero-order chi connectivity index (χ0) is 17.1. The highest BCUT2D eigenvalue weighted by atomic mass is 16.1. The number of aromatic amines is 1. The van der Waals surface area contributed by atoms with Crippen LogP contribution in [0.5, 0.6) is 0 Å². The Morgan fingerprint density at radius 3 is 2.67 bits per heavy atom. The number of H-pyrrole nitrogens is 1. The van der Waals surface area contributed by atoms with Gasteiger partial charge in [0, 0.05) is 24.0 Å². The standard InChI is InChI=1S/C19H20N4O/c1-12-4-3-5-15(13(12)2)16(18-10-21-11-23-18)8-14-6-7-17(19(20)24)22-9-14/h3-7,9-11,16H,8H2,1-2H3,(H2,20,24)(H,21,23). The first-order valence-corrected chi connectivity index (χ1v) is 7.85. The molecule has 3 rings (SSSR count). The van der Waals surface area contributed by atoms with E-state index in [0.29, 0.717) is 0 Å². The lowest BCUT2D eigenvalue weighted by atomic mass is 9.86. The molecule has 0 radical (unpaired) electrons. The molecular weight excluding hydrogens is 300 g/mol. The number of carbonyl (C=O) groups is 1. The van der Waals surface area contributed by atoms with Crippen LogP contribution < -0.4 is 5.73 Å². The Bertz CT molecular complexity index is 838. The Morgan fingerprint density at radius 1 is 1.21 bits per heavy atom. The third-order valence-electron chi connectivity index (χ3n) is 4.43. The number of imidazole rings is 1. The van der Waals surface area contributed by atoms with Crippen molar-refractivity contribution in [1.29, 1.82) is 0 Å². The summed E-state index contributed by atoms with van der Waals surface area (Å²) in [7, 11) is 0. The van der Waals surface area contributed by atoms with Crippen LogP contribution in [-0.4, -0.2) is 20.9 Å². The minimum Gasteiger partial charge on any atom is -0.364 e. The van der Waals surface area contributed by atoms with E-state index in [0.717, 1.165) is 17.7 Å². The number of nitrogens with zero attached hydrogens (tertiary/aromatic N) is 2. The van der Waals surface area contributed by atoms with Crippen molar-refractivity contribution in [3.8, 4) is 0 Å². The number of nitrogens with one attached hydrogen (secondary N) is 1. The van der Waals surface area contributed by atoms with Crippen molar-refractivity contribution >= 4 is 5.91 Å². The normalized spacial score (nSPS) is 12.1. The van der Waals surface area contributed by atoms with Crippen LogP contribution >= 0.6 is 0 Å². The maximum atomic E-state index is 11.2. The third-order valence-corrected chi connectivity index (χ3v) is 4.43. The topological polar surface area (TPSA) is 84.7 Å². The quantitative estimate of drug-likeness (QED) is 0.758. The third kappa shape index (κ3) is 3.20. The summed E-state index contributed by atoms with van der Waals surface area (Å²) in [4.78, 5) is 22.7. The first-order chi connectivity index (χ1) is 11.6. The lowest BCUT2D eigenvalue weighted by Crippen LogP contribution is -2.13. The van der Waals surface area contributed by atoms with Crippen LogP contribution in [0.1, 0.15) is 44.4 Å². The first kappa shape index (κ1) is 15.9. The Morgan fingerprint density at radius 2 is 2.04 bits per heavy atom. The first-order valence-electron chi connectivity index (χ1n) is 7.85. The highest BCUT2D eigenvalue weighted by molar-refractivity contribution is 5.90. The Balaban J connectivity index is 1.97. The zero-order valence-electron chi connectivity index (χ0n) is 13.8. The van der Waals surface area contributed by atoms with E-state index in [1.54, 1.807) is 18.6 Å². The van der Waals surface area contributed by atoms with Gasteiger partial charge in [0.15, 0.2) is 0 Å². The smallest absolute Gasteiger partial charge is 0.267 e. The second-order valence-electron chi connectivity index (χ2n) is 5.97. The van der Waals surface area contributed by atoms with E-state index in [1.807, 2.05) is 12.3 Å². The highest BCUT2D eigenvalue weighted by Gasteiger charge is 2.19. The van der Waals surface area contributed by atoms with Crippen molar-refractivity contribution in [1.82, 2.24) is 15.0 Å². The van der Waals surface area contributed by atoms with Gasteiger partial charge in [0.05, 0.1) is 6.33 Å². The van der Waals surface area contributed by atoms with Crippen LogP contribution in [0.3, 0.4) is 0 Å². The second-order valence-corrected chi connectivity index (χ2v) is 5.97. The summed E-state index contributed by atoms with van der Waals surface area (Å²) in [5, 5.41) is 0. The Hall–Kier alpha value is -2.95. The number of aromatic nitrogens is 3. The predicted octanol–water partition coefficient (Wildman–Crippen LogP) is 2.90. The molecule has 5 nitrogen and oxygen atoms in total. The molecule has 2 aromatic heterocycles. The molecule has 0 spiro atoms. The van der Waals surface area contributed by atoms with Gasteiger partial charge in [-0.3, -0.25) is 9.78 Å². The summed E-state index contributed by atoms with van der Waals surface area (Å²) in [6, 6.07) is 9.92. The number of hydrogen-bond acceptors (Lipinski definition) is 3. The average molecular weight is 320 g/mol. The number of primary amides is 1. The van der Waals surface area contributed by atoms with E-state index in [9.17, 15) is 4.79 Å². The molecule has 0 aliphatic carbocycles. The Kier molecular flexibility index (Phi) is 4.42. The van der Waals surface area contributed by atoms with Crippen LogP contribution in [-0.2, 0) is 6.42 Å². The number of benzene rings is 1. The number of carbonyl (C=O) groups excluding carboxylic acids is 1. The lowest BCUT2D eigenvalue weighted by molar-refractivity contribution is 0.0995. The molecule has 3 aromatic rings. The van der Waals surface area contributed by atoms with Crippen LogP contribution in [0.25, 0.3) is 0 Å². The van der Waals surface area contributed by atoms with Crippen LogP contribution in [0.15, 0.2) is 49.1 Å². The SMILES string of the molecule is Cc1cccc(C(Cc2ccc(C(N)=O)nc2)c2cnc[nH]2)c1C. The number of hydrogen-bond donors (Lipinski definition) is 2. The van der Waals surface area contributed by atoms with Gasteiger partial charge in [-0.2, -0.15) is 0 Å². The maximum Gasteiger partial charge on any atom is 0.267 e. The molecule has 0 saturated heterocycles. The lowest BCUT2D eigenvalue weighted by Gasteiger charge is -2.19. The van der Waals surface area contributed by atoms with E-state index in [1.165, 1.54) is 16.7 Å². The number of nitrogens with two attached hydrogens (primary N) is 1. The fourth-order valence-corrected chi connectivity index (χ4v) is 2.92. The maximum absolute atomic E-state index is 11.2. The number of aryl methyl sites for hydroxylation is 1. The van der Waals surface area contributed by atoms with Crippen LogP contribution in [0.2, 0.25) is 0 Å². The largest absolute Gasteiger partial charge is 0.364 e. The molecule has 1 aromatic carbocycles. The molecule has 3 N–H and O–H groups in total. The predicted molar refractivity (Wildman–Crippen MR) is 92.8 cm³/mol. The summed E-state index contributed by atoms with van der Waals surface area (Å²) < 4.78 is 0. The molecule has 0 saturated carbocycles. The van der Waals surface area contributed by atoms with Gasteiger partial charge in [0.1, 0.15) is 5.69 Å². The fraction of sp³-hybridized carbons (Fsp3) is 0.211. The van der Waals surface area contributed by atoms with E-state index in [-0.39, 0.29) is 11.6 Å². The van der Waals surface area contributed by atoms with E-state index < -0.39 is 5.91 Å². The van der Waals surface area contributed by atoms with E-state index in [2.05, 4.69) is 47.0 Å². The summed E-state index contributed by atoms with van der Waals surface area (Å²) in [5.41, 5.74) is 11.4. The second kappa shape index (κ2) is 6.66. The van der Waals surface area contributed by atoms with Gasteiger partial charge in [-0.1, -0.05) is 24.3 Å². The molecule has 24 heavy (non-hydrogen) atoms. The molecule has 1 amide bonds. The summed E-state index contributed by atoms with van der Waals surface area (Å²) in [6.07, 6.45) is 6.03. The zero-order valence-corrected chi connectivity index (χ0v) is 13.8. The van der Waals surface area contributed by atoms with Crippen LogP contribution in [0, 0.1) is 13.8 Å². The monoisotopic (exact) mass is 320 g/mol. The van der Waals surface area contributed by atoms with Gasteiger partial charge in [-0.15, -0.1) is 0 Å². The van der Waals surface area contributed by atoms with Crippen molar-refractivity contribution in [3.05, 3.63) is 82.7 Å². The van der Waals surface area contributed by atoms with Gasteiger partial charge >= 0.3 is 0 Å². The van der Waals surface area contributed by atoms with Crippen molar-refractivity contribution in [2.24, 2.45) is 5.73 Å². The van der Waals surface area contributed by atoms with Gasteiger partial charge in [-0.25, -0.2) is 4.98 Å². The van der Waals surface area contributed by atoms with Crippen molar-refractivity contribution in [3.63, 3.8) is 0 Å². The van der Waals surface area contributed by atoms with Crippen molar-refractivity contribution < 1.29 is 4.79 Å². The molecular formula is C19H20N4O. The van der Waals surface area contributed by atoms with E-state index >= 15 is 0 Å². The van der Waals surface area contributed by atoms with Gasteiger partial charge < -0.3 is 10.7 Å². The molecule has 1 unspecified atom stereocenters. The molecule has 0 bridgehead atoms. The molecule has 2 heterocycles. The minimum absolute atomic E-state index is 0.147. The van der Waals surface area contributed by atoms with Gasteiger partial charge in [0.25, 0.3) is 5.91 Å². The van der Waals surface area contributed by atoms with Crippen LogP contribution in [0.4, 0.5) is 0 Å². The average Bonchev–Trinajstić information content (AvgIpc) is 3.10. The molecule has 5 heteroatoms. The Labute approximate surface area is 141 Å². The van der Waals surface area contributed by atoms with Crippen molar-refractivity contribution in [2.75, 3.05) is 0 Å². The van der Waals surface area contributed by atoms with Crippen molar-refractivity contribution in [2.45, 2.75) is 26.2 Å². The summed E-state index contributed by atoms with van der Waals surface area (Å²) >= 11 is 0. The summed E-state index contributed by atoms with van der Waals surface area (Å²) in [6.45, 7) is 4.26. The molecule has 0 aliphatic heterocycles. The number of rotatable bonds is 5. The number of pyridine rings is 1. The van der Waals surface area contributed by atoms with E-state index in [4.69, 9.17) is 5.73 Å². The molecule has 0 fully saturated rings. The molecule has 1 atom stereocenters. The minimum atomic E-state index is -0.513. The van der Waals surface area contributed by atoms with Gasteiger partial charge in [-0.05, 0) is 48.6 Å². The van der Waals surface area contributed by atoms with Gasteiger partial charge in [0.2, 0.25) is 0 Å². The summed E-state index contributed by atoms with van der Waals surface area (Å²) in [5.74, 6) is -0.366. The highest BCUT2D eigenvalue weighted by Crippen LogP contribution is 2.30. The number of amides is 1. The fourth-order valence-electron chi connectivity index (χ4n) is 2.92. The molecule has 122 valence electrons. The molecule has 0 aliphatic rings.